The highest BCUT2D eigenvalue weighted by Gasteiger charge is 2.23. The third-order valence-corrected chi connectivity index (χ3v) is 5.25. The van der Waals surface area contributed by atoms with Crippen LogP contribution < -0.4 is 10.1 Å². The molecule has 0 fully saturated rings. The minimum Gasteiger partial charge on any atom is -0.488 e. The Labute approximate surface area is 153 Å². The van der Waals surface area contributed by atoms with Gasteiger partial charge in [0.25, 0.3) is 0 Å². The van der Waals surface area contributed by atoms with Crippen LogP contribution >= 0.6 is 11.8 Å². The zero-order chi connectivity index (χ0) is 17.8. The van der Waals surface area contributed by atoms with Gasteiger partial charge >= 0.3 is 0 Å². The SMILES string of the molecule is C/C=C(\C)C(=O)NCC1Cc2cc(-c3ccc(SC)cc3)ccc2O1. The molecule has 1 atom stereocenters. The van der Waals surface area contributed by atoms with Crippen LogP contribution in [-0.4, -0.2) is 24.8 Å². The minimum absolute atomic E-state index is 0.00211. The van der Waals surface area contributed by atoms with Crippen molar-refractivity contribution in [2.45, 2.75) is 31.3 Å². The summed E-state index contributed by atoms with van der Waals surface area (Å²) < 4.78 is 5.96. The lowest BCUT2D eigenvalue weighted by molar-refractivity contribution is -0.117. The molecule has 3 rings (SSSR count). The lowest BCUT2D eigenvalue weighted by atomic mass is 10.0. The summed E-state index contributed by atoms with van der Waals surface area (Å²) in [7, 11) is 0. The molecule has 0 radical (unpaired) electrons. The summed E-state index contributed by atoms with van der Waals surface area (Å²) in [6, 6.07) is 14.9. The van der Waals surface area contributed by atoms with Crippen LogP contribution in [-0.2, 0) is 11.2 Å². The second-order valence-electron chi connectivity index (χ2n) is 6.18. The van der Waals surface area contributed by atoms with Gasteiger partial charge in [-0.25, -0.2) is 0 Å². The van der Waals surface area contributed by atoms with E-state index < -0.39 is 0 Å². The number of fused-ring (bicyclic) bond motifs is 1. The summed E-state index contributed by atoms with van der Waals surface area (Å²) >= 11 is 1.75. The second kappa shape index (κ2) is 7.79. The van der Waals surface area contributed by atoms with E-state index in [1.54, 1.807) is 11.8 Å². The molecule has 1 aliphatic heterocycles. The minimum atomic E-state index is -0.0309. The van der Waals surface area contributed by atoms with Crippen molar-refractivity contribution in [3.8, 4) is 16.9 Å². The van der Waals surface area contributed by atoms with Crippen molar-refractivity contribution in [3.63, 3.8) is 0 Å². The Bertz CT molecular complexity index is 796. The van der Waals surface area contributed by atoms with E-state index in [0.29, 0.717) is 6.54 Å². The molecule has 4 heteroatoms. The first kappa shape index (κ1) is 17.6. The maximum Gasteiger partial charge on any atom is 0.246 e. The highest BCUT2D eigenvalue weighted by Crippen LogP contribution is 2.33. The Hall–Kier alpha value is -2.20. The lowest BCUT2D eigenvalue weighted by Crippen LogP contribution is -2.34. The van der Waals surface area contributed by atoms with Gasteiger partial charge in [-0.1, -0.05) is 24.3 Å². The first-order valence-electron chi connectivity index (χ1n) is 8.46. The topological polar surface area (TPSA) is 38.3 Å². The number of carbonyl (C=O) groups is 1. The molecule has 0 aromatic heterocycles. The number of rotatable bonds is 5. The zero-order valence-electron chi connectivity index (χ0n) is 14.8. The van der Waals surface area contributed by atoms with Crippen molar-refractivity contribution in [1.29, 1.82) is 0 Å². The van der Waals surface area contributed by atoms with Crippen LogP contribution in [0.15, 0.2) is 59.0 Å². The number of ether oxygens (including phenoxy) is 1. The molecule has 1 aliphatic rings. The van der Waals surface area contributed by atoms with Crippen molar-refractivity contribution in [2.24, 2.45) is 0 Å². The fourth-order valence-corrected chi connectivity index (χ4v) is 3.28. The first-order valence-corrected chi connectivity index (χ1v) is 9.68. The van der Waals surface area contributed by atoms with Crippen LogP contribution in [0.1, 0.15) is 19.4 Å². The van der Waals surface area contributed by atoms with Crippen LogP contribution in [0.3, 0.4) is 0 Å². The van der Waals surface area contributed by atoms with E-state index in [0.717, 1.165) is 17.7 Å². The number of carbonyl (C=O) groups excluding carboxylic acids is 1. The van der Waals surface area contributed by atoms with Gasteiger partial charge in [-0.2, -0.15) is 0 Å². The Balaban J connectivity index is 1.67. The third-order valence-electron chi connectivity index (χ3n) is 4.51. The van der Waals surface area contributed by atoms with E-state index in [1.807, 2.05) is 26.0 Å². The predicted molar refractivity (Wildman–Crippen MR) is 104 cm³/mol. The molecule has 1 N–H and O–H groups in total. The van der Waals surface area contributed by atoms with E-state index in [2.05, 4.69) is 48.0 Å². The molecule has 2 aromatic carbocycles. The summed E-state index contributed by atoms with van der Waals surface area (Å²) in [4.78, 5) is 13.1. The molecule has 1 amide bonds. The standard InChI is InChI=1S/C21H23NO2S/c1-4-14(2)21(23)22-13-18-12-17-11-16(7-10-20(17)24-18)15-5-8-19(25-3)9-6-15/h4-11,18H,12-13H2,1-3H3,(H,22,23)/b14-4+. The van der Waals surface area contributed by atoms with E-state index in [-0.39, 0.29) is 12.0 Å². The molecule has 1 heterocycles. The molecule has 0 aliphatic carbocycles. The Morgan fingerprint density at radius 2 is 1.96 bits per heavy atom. The Kier molecular flexibility index (Phi) is 5.49. The van der Waals surface area contributed by atoms with E-state index in [1.165, 1.54) is 21.6 Å². The number of allylic oxidation sites excluding steroid dienone is 1. The Morgan fingerprint density at radius 1 is 1.24 bits per heavy atom. The molecule has 0 saturated carbocycles. The molecule has 130 valence electrons. The maximum absolute atomic E-state index is 11.9. The number of nitrogens with one attached hydrogen (secondary N) is 1. The van der Waals surface area contributed by atoms with Gasteiger partial charge in [0.05, 0.1) is 6.54 Å². The normalized spacial score (nSPS) is 16.3. The molecule has 2 aromatic rings. The molecule has 1 unspecified atom stereocenters. The third kappa shape index (κ3) is 4.07. The number of hydrogen-bond acceptors (Lipinski definition) is 3. The van der Waals surface area contributed by atoms with Crippen molar-refractivity contribution < 1.29 is 9.53 Å². The zero-order valence-corrected chi connectivity index (χ0v) is 15.7. The van der Waals surface area contributed by atoms with E-state index in [4.69, 9.17) is 4.74 Å². The maximum atomic E-state index is 11.9. The summed E-state index contributed by atoms with van der Waals surface area (Å²) in [5.41, 5.74) is 4.34. The highest BCUT2D eigenvalue weighted by molar-refractivity contribution is 7.98. The number of thioether (sulfide) groups is 1. The van der Waals surface area contributed by atoms with Gasteiger partial charge in [0.1, 0.15) is 11.9 Å². The van der Waals surface area contributed by atoms with Gasteiger partial charge in [0.15, 0.2) is 0 Å². The number of benzene rings is 2. The van der Waals surface area contributed by atoms with Crippen LogP contribution in [0.25, 0.3) is 11.1 Å². The first-order chi connectivity index (χ1) is 12.1. The van der Waals surface area contributed by atoms with Crippen LogP contribution in [0, 0.1) is 0 Å². The van der Waals surface area contributed by atoms with Crippen molar-refractivity contribution in [1.82, 2.24) is 5.32 Å². The molecular weight excluding hydrogens is 330 g/mol. The number of amides is 1. The van der Waals surface area contributed by atoms with Gasteiger partial charge in [-0.15, -0.1) is 11.8 Å². The molecule has 0 bridgehead atoms. The monoisotopic (exact) mass is 353 g/mol. The average Bonchev–Trinajstić information content (AvgIpc) is 3.07. The average molecular weight is 353 g/mol. The Morgan fingerprint density at radius 3 is 2.64 bits per heavy atom. The van der Waals surface area contributed by atoms with E-state index in [9.17, 15) is 4.79 Å². The largest absolute Gasteiger partial charge is 0.488 e. The molecule has 3 nitrogen and oxygen atoms in total. The fraction of sp³-hybridized carbons (Fsp3) is 0.286. The van der Waals surface area contributed by atoms with Crippen LogP contribution in [0.5, 0.6) is 5.75 Å². The quantitative estimate of drug-likeness (QED) is 0.637. The summed E-state index contributed by atoms with van der Waals surface area (Å²) in [5, 5.41) is 2.93. The molecular formula is C21H23NO2S. The van der Waals surface area contributed by atoms with Gasteiger partial charge in [-0.05, 0) is 61.1 Å². The van der Waals surface area contributed by atoms with Crippen LogP contribution in [0.4, 0.5) is 0 Å². The second-order valence-corrected chi connectivity index (χ2v) is 7.06. The van der Waals surface area contributed by atoms with Crippen molar-refractivity contribution in [3.05, 3.63) is 59.7 Å². The van der Waals surface area contributed by atoms with Crippen molar-refractivity contribution >= 4 is 17.7 Å². The fourth-order valence-electron chi connectivity index (χ4n) is 2.87. The predicted octanol–water partition coefficient (Wildman–Crippen LogP) is 4.46. The van der Waals surface area contributed by atoms with Gasteiger partial charge in [0, 0.05) is 16.9 Å². The molecule has 25 heavy (non-hydrogen) atoms. The summed E-state index contributed by atoms with van der Waals surface area (Å²) in [6.45, 7) is 4.20. The van der Waals surface area contributed by atoms with Gasteiger partial charge < -0.3 is 10.1 Å². The lowest BCUT2D eigenvalue weighted by Gasteiger charge is -2.11. The van der Waals surface area contributed by atoms with Crippen molar-refractivity contribution in [2.75, 3.05) is 12.8 Å². The highest BCUT2D eigenvalue weighted by atomic mass is 32.2. The van der Waals surface area contributed by atoms with E-state index >= 15 is 0 Å². The molecule has 0 saturated heterocycles. The smallest absolute Gasteiger partial charge is 0.246 e. The summed E-state index contributed by atoms with van der Waals surface area (Å²) in [6.07, 6.45) is 4.71. The number of hydrogen-bond donors (Lipinski definition) is 1. The van der Waals surface area contributed by atoms with Gasteiger partial charge in [-0.3, -0.25) is 4.79 Å². The summed E-state index contributed by atoms with van der Waals surface area (Å²) in [5.74, 6) is 0.892. The van der Waals surface area contributed by atoms with Crippen LogP contribution in [0.2, 0.25) is 0 Å². The van der Waals surface area contributed by atoms with Gasteiger partial charge in [0.2, 0.25) is 5.91 Å². The molecule has 0 spiro atoms.